The van der Waals surface area contributed by atoms with Gasteiger partial charge in [0.05, 0.1) is 38.8 Å². The summed E-state index contributed by atoms with van der Waals surface area (Å²) in [6.45, 7) is 0. The molecule has 0 saturated heterocycles. The van der Waals surface area contributed by atoms with Crippen LogP contribution in [0, 0.1) is 0 Å². The second-order valence-corrected chi connectivity index (χ2v) is 16.5. The summed E-state index contributed by atoms with van der Waals surface area (Å²) in [4.78, 5) is 19.0. The van der Waals surface area contributed by atoms with Crippen LogP contribution in [0.25, 0.3) is 120 Å². The van der Waals surface area contributed by atoms with Gasteiger partial charge in [-0.05, 0) is 103 Å². The van der Waals surface area contributed by atoms with Crippen LogP contribution >= 0.6 is 11.3 Å². The lowest BCUT2D eigenvalue weighted by Gasteiger charge is -2.11. The molecule has 0 aliphatic rings. The topological polar surface area (TPSA) is 71.3 Å². The largest absolute Gasteiger partial charge is 0.309 e. The number of rotatable bonds is 4. The number of thiophene rings is 1. The molecule has 0 spiro atoms. The van der Waals surface area contributed by atoms with Crippen LogP contribution in [0.5, 0.6) is 0 Å². The van der Waals surface area contributed by atoms with E-state index in [1.807, 2.05) is 49.3 Å². The molecule has 0 N–H and O–H groups in total. The summed E-state index contributed by atoms with van der Waals surface area (Å²) >= 11 is 1.76. The van der Waals surface area contributed by atoms with Crippen LogP contribution in [0.1, 0.15) is 0 Å². The monoisotopic (exact) mass is 798 g/mol. The highest BCUT2D eigenvalue weighted by Crippen LogP contribution is 2.41. The lowest BCUT2D eigenvalue weighted by atomic mass is 10.1. The van der Waals surface area contributed by atoms with Crippen molar-refractivity contribution < 1.29 is 0 Å². The Morgan fingerprint density at radius 1 is 0.344 bits per heavy atom. The molecule has 9 heteroatoms. The normalized spacial score (nSPS) is 12.3. The fourth-order valence-electron chi connectivity index (χ4n) is 9.96. The molecule has 9 heterocycles. The third-order valence-corrected chi connectivity index (χ3v) is 13.5. The Balaban J connectivity index is 0.963. The van der Waals surface area contributed by atoms with Gasteiger partial charge in [0, 0.05) is 113 Å². The Kier molecular flexibility index (Phi) is 6.56. The molecule has 14 aromatic rings. The number of nitrogens with zero attached hydrogens (tertiary/aromatic N) is 8. The van der Waals surface area contributed by atoms with Crippen molar-refractivity contribution in [1.29, 1.82) is 0 Å². The van der Waals surface area contributed by atoms with Crippen LogP contribution in [0.2, 0.25) is 0 Å². The number of para-hydroxylation sites is 2. The summed E-state index contributed by atoms with van der Waals surface area (Å²) in [5.41, 5.74) is 13.0. The van der Waals surface area contributed by atoms with E-state index in [1.54, 1.807) is 11.3 Å². The van der Waals surface area contributed by atoms with E-state index in [0.29, 0.717) is 0 Å². The molecule has 0 aliphatic heterocycles. The van der Waals surface area contributed by atoms with Gasteiger partial charge in [0.1, 0.15) is 11.3 Å². The highest BCUT2D eigenvalue weighted by Gasteiger charge is 2.21. The lowest BCUT2D eigenvalue weighted by molar-refractivity contribution is 1.13. The van der Waals surface area contributed by atoms with Crippen LogP contribution in [-0.4, -0.2) is 38.2 Å². The Bertz CT molecular complexity index is 4040. The summed E-state index contributed by atoms with van der Waals surface area (Å²) < 4.78 is 10.5. The average molecular weight is 799 g/mol. The molecule has 0 saturated carbocycles. The smallest absolute Gasteiger partial charge is 0.145 e. The zero-order chi connectivity index (χ0) is 39.8. The molecule has 9 aromatic heterocycles. The maximum absolute atomic E-state index is 5.03. The van der Waals surface area contributed by atoms with Gasteiger partial charge in [-0.2, -0.15) is 0 Å². The van der Waals surface area contributed by atoms with Crippen molar-refractivity contribution in [2.45, 2.75) is 0 Å². The second-order valence-electron chi connectivity index (χ2n) is 15.6. The fourth-order valence-corrected chi connectivity index (χ4v) is 10.9. The van der Waals surface area contributed by atoms with E-state index in [9.17, 15) is 0 Å². The summed E-state index contributed by atoms with van der Waals surface area (Å²) in [5.74, 6) is 0. The van der Waals surface area contributed by atoms with E-state index >= 15 is 0 Å². The van der Waals surface area contributed by atoms with Crippen molar-refractivity contribution in [1.82, 2.24) is 38.2 Å². The third-order valence-electron chi connectivity index (χ3n) is 12.5. The molecule has 0 unspecified atom stereocenters. The van der Waals surface area contributed by atoms with Crippen molar-refractivity contribution in [3.63, 3.8) is 0 Å². The molecule has 14 rings (SSSR count). The van der Waals surface area contributed by atoms with Crippen molar-refractivity contribution in [2.24, 2.45) is 0 Å². The van der Waals surface area contributed by atoms with Crippen LogP contribution in [0.4, 0.5) is 0 Å². The second kappa shape index (κ2) is 12.2. The van der Waals surface area contributed by atoms with Gasteiger partial charge in [-0.25, -0.2) is 9.97 Å². The number of benzene rings is 5. The van der Waals surface area contributed by atoms with E-state index < -0.39 is 0 Å². The molecule has 0 aliphatic carbocycles. The molecule has 0 atom stereocenters. The van der Waals surface area contributed by atoms with Gasteiger partial charge in [0.25, 0.3) is 0 Å². The number of fused-ring (bicyclic) bond motifs is 13. The summed E-state index contributed by atoms with van der Waals surface area (Å²) in [7, 11) is 0. The minimum atomic E-state index is 0.920. The molecule has 5 aromatic carbocycles. The van der Waals surface area contributed by atoms with E-state index in [2.05, 4.69) is 161 Å². The van der Waals surface area contributed by atoms with E-state index in [4.69, 9.17) is 9.97 Å². The van der Waals surface area contributed by atoms with Gasteiger partial charge < -0.3 is 9.13 Å². The average Bonchev–Trinajstić information content (AvgIpc) is 4.12. The van der Waals surface area contributed by atoms with Crippen molar-refractivity contribution in [3.8, 4) is 22.7 Å². The van der Waals surface area contributed by atoms with Gasteiger partial charge >= 0.3 is 0 Å². The predicted octanol–water partition coefficient (Wildman–Crippen LogP) is 12.9. The maximum atomic E-state index is 5.03. The fraction of sp³-hybridized carbons (Fsp3) is 0. The molecule has 0 fully saturated rings. The zero-order valence-corrected chi connectivity index (χ0v) is 33.1. The quantitative estimate of drug-likeness (QED) is 0.178. The molecular formula is C52H30N8S. The van der Waals surface area contributed by atoms with E-state index in [1.165, 1.54) is 15.5 Å². The first-order valence-electron chi connectivity index (χ1n) is 20.3. The minimum absolute atomic E-state index is 0.920. The summed E-state index contributed by atoms with van der Waals surface area (Å²) in [6.07, 6.45) is 11.5. The van der Waals surface area contributed by atoms with Gasteiger partial charge in [-0.3, -0.25) is 19.1 Å². The Hall–Kier alpha value is -8.14. The SMILES string of the molecule is c1ccc2c(c1)c1cnccc1n2-c1ccc2c(c1)c1cccnc1n2-c1ccc2scc(-n3c4ccc(-n5c6ccccc6c6cnccc65)cc4c4cccnc43)c2c1. The van der Waals surface area contributed by atoms with Crippen LogP contribution in [-0.2, 0) is 0 Å². The highest BCUT2D eigenvalue weighted by molar-refractivity contribution is 7.17. The van der Waals surface area contributed by atoms with Crippen LogP contribution < -0.4 is 0 Å². The molecule has 8 nitrogen and oxygen atoms in total. The highest BCUT2D eigenvalue weighted by atomic mass is 32.1. The number of hydrogen-bond donors (Lipinski definition) is 0. The maximum Gasteiger partial charge on any atom is 0.145 e. The summed E-state index contributed by atoms with van der Waals surface area (Å²) in [6, 6.07) is 50.2. The molecule has 0 bridgehead atoms. The molecule has 0 radical (unpaired) electrons. The van der Waals surface area contributed by atoms with Crippen molar-refractivity contribution in [3.05, 3.63) is 182 Å². The van der Waals surface area contributed by atoms with Gasteiger partial charge in [0.15, 0.2) is 0 Å². The lowest BCUT2D eigenvalue weighted by Crippen LogP contribution is -1.98. The van der Waals surface area contributed by atoms with Crippen LogP contribution in [0.15, 0.2) is 182 Å². The molecule has 284 valence electrons. The van der Waals surface area contributed by atoms with E-state index in [-0.39, 0.29) is 0 Å². The minimum Gasteiger partial charge on any atom is -0.309 e. The van der Waals surface area contributed by atoms with Gasteiger partial charge in [-0.15, -0.1) is 11.3 Å². The predicted molar refractivity (Wildman–Crippen MR) is 250 cm³/mol. The van der Waals surface area contributed by atoms with Gasteiger partial charge in [0.2, 0.25) is 0 Å². The summed E-state index contributed by atoms with van der Waals surface area (Å²) in [5, 5.41) is 12.6. The van der Waals surface area contributed by atoms with Crippen molar-refractivity contribution in [2.75, 3.05) is 0 Å². The third kappa shape index (κ3) is 4.47. The van der Waals surface area contributed by atoms with E-state index in [0.717, 1.165) is 105 Å². The molecular weight excluding hydrogens is 769 g/mol. The number of pyridine rings is 4. The standard InChI is InChI=1S/C52H30N8S/c1-3-11-43-34(7-1)41-28-53-23-19-47(41)57(43)31-13-16-45-38(25-31)36-9-5-21-55-51(36)59(45)33-15-18-50-40(27-33)49(30-61-50)60-46-17-14-32(26-39(46)37-10-6-22-56-52(37)60)58-44-12-4-2-8-35(44)42-29-54-24-20-48(42)58/h1-30H. The number of aromatic nitrogens is 8. The first kappa shape index (κ1) is 32.8. The van der Waals surface area contributed by atoms with Crippen LogP contribution in [0.3, 0.4) is 0 Å². The first-order valence-corrected chi connectivity index (χ1v) is 21.1. The Labute approximate surface area is 350 Å². The Morgan fingerprint density at radius 3 is 1.44 bits per heavy atom. The van der Waals surface area contributed by atoms with Crippen molar-refractivity contribution >= 4 is 109 Å². The number of hydrogen-bond acceptors (Lipinski definition) is 5. The molecule has 61 heavy (non-hydrogen) atoms. The zero-order valence-electron chi connectivity index (χ0n) is 32.3. The Morgan fingerprint density at radius 2 is 0.820 bits per heavy atom. The first-order chi connectivity index (χ1) is 30.3. The van der Waals surface area contributed by atoms with Gasteiger partial charge in [-0.1, -0.05) is 36.4 Å². The molecule has 0 amide bonds.